The first-order valence-corrected chi connectivity index (χ1v) is 4.15. The van der Waals surface area contributed by atoms with E-state index in [1.165, 1.54) is 0 Å². The van der Waals surface area contributed by atoms with Crippen LogP contribution in [0.1, 0.15) is 34.1 Å². The van der Waals surface area contributed by atoms with Gasteiger partial charge < -0.3 is 5.32 Å². The number of terminal acetylenes is 1. The highest BCUT2D eigenvalue weighted by Gasteiger charge is 2.18. The monoisotopic (exact) mass is 153 g/mol. The minimum atomic E-state index is 0.328. The van der Waals surface area contributed by atoms with Gasteiger partial charge in [-0.05, 0) is 12.3 Å². The van der Waals surface area contributed by atoms with Crippen molar-refractivity contribution in [1.29, 1.82) is 0 Å². The van der Waals surface area contributed by atoms with Crippen molar-refractivity contribution in [1.82, 2.24) is 5.32 Å². The van der Waals surface area contributed by atoms with E-state index in [9.17, 15) is 0 Å². The second kappa shape index (κ2) is 4.41. The minimum Gasteiger partial charge on any atom is -0.313 e. The van der Waals surface area contributed by atoms with Gasteiger partial charge >= 0.3 is 0 Å². The highest BCUT2D eigenvalue weighted by atomic mass is 14.9. The second-order valence-corrected chi connectivity index (χ2v) is 4.00. The molecule has 0 saturated heterocycles. The molecule has 0 bridgehead atoms. The van der Waals surface area contributed by atoms with Gasteiger partial charge in [-0.25, -0.2) is 0 Å². The van der Waals surface area contributed by atoms with Gasteiger partial charge in [-0.1, -0.05) is 20.8 Å². The van der Waals surface area contributed by atoms with Gasteiger partial charge in [0, 0.05) is 19.0 Å². The lowest BCUT2D eigenvalue weighted by molar-refractivity contribution is 0.289. The molecule has 11 heavy (non-hydrogen) atoms. The smallest absolute Gasteiger partial charge is 0.0212 e. The first-order chi connectivity index (χ1) is 4.98. The Morgan fingerprint density at radius 2 is 2.00 bits per heavy atom. The molecular formula is C10H19N. The van der Waals surface area contributed by atoms with E-state index in [1.54, 1.807) is 0 Å². The minimum absolute atomic E-state index is 0.328. The van der Waals surface area contributed by atoms with Crippen molar-refractivity contribution in [3.8, 4) is 12.3 Å². The first kappa shape index (κ1) is 10.5. The third-order valence-corrected chi connectivity index (χ3v) is 2.02. The van der Waals surface area contributed by atoms with Crippen LogP contribution >= 0.6 is 0 Å². The van der Waals surface area contributed by atoms with Crippen LogP contribution in [0.3, 0.4) is 0 Å². The van der Waals surface area contributed by atoms with Gasteiger partial charge in [0.05, 0.1) is 0 Å². The first-order valence-electron chi connectivity index (χ1n) is 4.15. The van der Waals surface area contributed by atoms with Gasteiger partial charge in [0.15, 0.2) is 0 Å². The molecule has 0 aromatic carbocycles. The van der Waals surface area contributed by atoms with Gasteiger partial charge in [-0.15, -0.1) is 12.3 Å². The molecule has 1 atom stereocenters. The van der Waals surface area contributed by atoms with Crippen LogP contribution in [-0.4, -0.2) is 12.6 Å². The normalized spacial score (nSPS) is 14.1. The quantitative estimate of drug-likeness (QED) is 0.483. The molecule has 0 fully saturated rings. The molecule has 1 heteroatoms. The van der Waals surface area contributed by atoms with Gasteiger partial charge in [-0.2, -0.15) is 0 Å². The molecule has 0 aliphatic rings. The Bertz CT molecular complexity index is 136. The van der Waals surface area contributed by atoms with E-state index in [-0.39, 0.29) is 0 Å². The van der Waals surface area contributed by atoms with Crippen LogP contribution in [0.2, 0.25) is 0 Å². The number of hydrogen-bond donors (Lipinski definition) is 1. The van der Waals surface area contributed by atoms with Crippen LogP contribution in [0.15, 0.2) is 0 Å². The molecule has 0 amide bonds. The van der Waals surface area contributed by atoms with Gasteiger partial charge in [0.2, 0.25) is 0 Å². The topological polar surface area (TPSA) is 12.0 Å². The summed E-state index contributed by atoms with van der Waals surface area (Å²) in [6.07, 6.45) is 5.95. The van der Waals surface area contributed by atoms with Gasteiger partial charge in [0.25, 0.3) is 0 Å². The van der Waals surface area contributed by atoms with E-state index in [2.05, 4.69) is 38.9 Å². The lowest BCUT2D eigenvalue weighted by Crippen LogP contribution is -2.37. The second-order valence-electron chi connectivity index (χ2n) is 4.00. The van der Waals surface area contributed by atoms with E-state index < -0.39 is 0 Å². The molecule has 0 aromatic heterocycles. The SMILES string of the molecule is C#CCCNC(C)C(C)(C)C. The lowest BCUT2D eigenvalue weighted by Gasteiger charge is -2.27. The molecule has 0 aliphatic carbocycles. The van der Waals surface area contributed by atoms with Crippen molar-refractivity contribution in [3.05, 3.63) is 0 Å². The Kier molecular flexibility index (Phi) is 4.22. The summed E-state index contributed by atoms with van der Waals surface area (Å²) in [6.45, 7) is 9.78. The summed E-state index contributed by atoms with van der Waals surface area (Å²) in [5.74, 6) is 2.61. The predicted octanol–water partition coefficient (Wildman–Crippen LogP) is 2.03. The van der Waals surface area contributed by atoms with Crippen molar-refractivity contribution >= 4 is 0 Å². The van der Waals surface area contributed by atoms with Crippen molar-refractivity contribution in [2.45, 2.75) is 40.2 Å². The van der Waals surface area contributed by atoms with Crippen molar-refractivity contribution in [2.24, 2.45) is 5.41 Å². The van der Waals surface area contributed by atoms with Crippen LogP contribution in [0.4, 0.5) is 0 Å². The summed E-state index contributed by atoms with van der Waals surface area (Å²) in [5, 5.41) is 3.38. The third kappa shape index (κ3) is 4.86. The molecule has 0 saturated carbocycles. The van der Waals surface area contributed by atoms with Gasteiger partial charge in [-0.3, -0.25) is 0 Å². The molecular weight excluding hydrogens is 134 g/mol. The zero-order valence-electron chi connectivity index (χ0n) is 8.07. The Morgan fingerprint density at radius 3 is 2.36 bits per heavy atom. The standard InChI is InChI=1S/C10H19N/c1-6-7-8-11-9(2)10(3,4)5/h1,9,11H,7-8H2,2-5H3. The van der Waals surface area contributed by atoms with E-state index in [1.807, 2.05) is 0 Å². The molecule has 0 spiro atoms. The van der Waals surface area contributed by atoms with Crippen molar-refractivity contribution < 1.29 is 0 Å². The highest BCUT2D eigenvalue weighted by Crippen LogP contribution is 2.17. The van der Waals surface area contributed by atoms with E-state index in [4.69, 9.17) is 6.42 Å². The fourth-order valence-corrected chi connectivity index (χ4v) is 0.667. The molecule has 1 N–H and O–H groups in total. The average molecular weight is 153 g/mol. The lowest BCUT2D eigenvalue weighted by atomic mass is 9.88. The zero-order chi connectivity index (χ0) is 8.91. The van der Waals surface area contributed by atoms with Crippen LogP contribution in [-0.2, 0) is 0 Å². The fourth-order valence-electron chi connectivity index (χ4n) is 0.667. The van der Waals surface area contributed by atoms with Crippen LogP contribution in [0, 0.1) is 17.8 Å². The van der Waals surface area contributed by atoms with Crippen LogP contribution in [0.25, 0.3) is 0 Å². The molecule has 0 heterocycles. The number of rotatable bonds is 3. The maximum atomic E-state index is 5.13. The third-order valence-electron chi connectivity index (χ3n) is 2.02. The summed E-state index contributed by atoms with van der Waals surface area (Å²) < 4.78 is 0. The van der Waals surface area contributed by atoms with E-state index >= 15 is 0 Å². The van der Waals surface area contributed by atoms with E-state index in [0.717, 1.165) is 13.0 Å². The number of hydrogen-bond acceptors (Lipinski definition) is 1. The number of nitrogens with one attached hydrogen (secondary N) is 1. The molecule has 0 rings (SSSR count). The Labute approximate surface area is 70.6 Å². The summed E-state index contributed by atoms with van der Waals surface area (Å²) in [6, 6.07) is 0.524. The largest absolute Gasteiger partial charge is 0.313 e. The van der Waals surface area contributed by atoms with Crippen LogP contribution < -0.4 is 5.32 Å². The van der Waals surface area contributed by atoms with Crippen molar-refractivity contribution in [2.75, 3.05) is 6.54 Å². The zero-order valence-corrected chi connectivity index (χ0v) is 8.07. The van der Waals surface area contributed by atoms with Gasteiger partial charge in [0.1, 0.15) is 0 Å². The Balaban J connectivity index is 3.55. The van der Waals surface area contributed by atoms with Crippen LogP contribution in [0.5, 0.6) is 0 Å². The summed E-state index contributed by atoms with van der Waals surface area (Å²) in [7, 11) is 0. The molecule has 1 unspecified atom stereocenters. The predicted molar refractivity (Wildman–Crippen MR) is 50.4 cm³/mol. The highest BCUT2D eigenvalue weighted by molar-refractivity contribution is 4.85. The summed E-state index contributed by atoms with van der Waals surface area (Å²) >= 11 is 0. The summed E-state index contributed by atoms with van der Waals surface area (Å²) in [5.41, 5.74) is 0.328. The Hall–Kier alpha value is -0.480. The summed E-state index contributed by atoms with van der Waals surface area (Å²) in [4.78, 5) is 0. The fraction of sp³-hybridized carbons (Fsp3) is 0.800. The molecule has 0 aromatic rings. The molecule has 0 radical (unpaired) electrons. The van der Waals surface area contributed by atoms with Crippen molar-refractivity contribution in [3.63, 3.8) is 0 Å². The average Bonchev–Trinajstić information content (AvgIpc) is 1.86. The maximum absolute atomic E-state index is 5.13. The molecule has 64 valence electrons. The molecule has 0 aliphatic heterocycles. The van der Waals surface area contributed by atoms with E-state index in [0.29, 0.717) is 11.5 Å². The maximum Gasteiger partial charge on any atom is 0.0212 e. The molecule has 1 nitrogen and oxygen atoms in total. The Morgan fingerprint density at radius 1 is 1.45 bits per heavy atom.